The van der Waals surface area contributed by atoms with Gasteiger partial charge in [-0.15, -0.1) is 0 Å². The molecule has 2 aromatic rings. The Labute approximate surface area is 103 Å². The molecule has 0 spiro atoms. The molecule has 0 amide bonds. The molecule has 6 nitrogen and oxygen atoms in total. The minimum Gasteiger partial charge on any atom is -0.478 e. The Morgan fingerprint density at radius 1 is 1.56 bits per heavy atom. The van der Waals surface area contributed by atoms with E-state index >= 15 is 0 Å². The first-order valence-corrected chi connectivity index (χ1v) is 5.65. The number of aromatic carboxylic acids is 1. The molecule has 0 aromatic carbocycles. The molecule has 18 heavy (non-hydrogen) atoms. The van der Waals surface area contributed by atoms with Crippen LogP contribution in [0.1, 0.15) is 41.3 Å². The fourth-order valence-corrected chi connectivity index (χ4v) is 1.82. The zero-order chi connectivity index (χ0) is 13.1. The molecule has 2 N–H and O–H groups in total. The Balaban J connectivity index is 2.35. The average molecular weight is 250 g/mol. The predicted octanol–water partition coefficient (Wildman–Crippen LogP) is 1.67. The third-order valence-corrected chi connectivity index (χ3v) is 2.64. The lowest BCUT2D eigenvalue weighted by molar-refractivity contribution is 0.0687. The minimum atomic E-state index is -1.13. The van der Waals surface area contributed by atoms with Gasteiger partial charge in [-0.25, -0.2) is 4.79 Å². The summed E-state index contributed by atoms with van der Waals surface area (Å²) in [7, 11) is 0. The third-order valence-electron chi connectivity index (χ3n) is 2.64. The molecule has 0 radical (unpaired) electrons. The van der Waals surface area contributed by atoms with Crippen molar-refractivity contribution in [3.8, 4) is 0 Å². The zero-order valence-corrected chi connectivity index (χ0v) is 9.91. The quantitative estimate of drug-likeness (QED) is 0.842. The van der Waals surface area contributed by atoms with Gasteiger partial charge in [-0.05, 0) is 18.6 Å². The number of aryl methyl sites for hydroxylation is 1. The maximum atomic E-state index is 11.0. The van der Waals surface area contributed by atoms with E-state index in [1.54, 1.807) is 16.9 Å². The summed E-state index contributed by atoms with van der Waals surface area (Å²) in [6.45, 7) is 2.65. The van der Waals surface area contributed by atoms with E-state index < -0.39 is 12.1 Å². The van der Waals surface area contributed by atoms with Crippen LogP contribution >= 0.6 is 0 Å². The van der Waals surface area contributed by atoms with E-state index in [9.17, 15) is 9.90 Å². The predicted molar refractivity (Wildman–Crippen MR) is 62.2 cm³/mol. The van der Waals surface area contributed by atoms with E-state index in [1.807, 2.05) is 6.92 Å². The summed E-state index contributed by atoms with van der Waals surface area (Å²) >= 11 is 0. The van der Waals surface area contributed by atoms with Crippen LogP contribution in [0.2, 0.25) is 0 Å². The standard InChI is InChI=1S/C12H14N2O4/c1-2-6-14-9(3-5-13-14)10(15)11-8(12(16)17)4-7-18-11/h3-5,7,10,15H,2,6H2,1H3,(H,16,17). The molecule has 0 bridgehead atoms. The van der Waals surface area contributed by atoms with Crippen LogP contribution in [0.3, 0.4) is 0 Å². The second-order valence-electron chi connectivity index (χ2n) is 3.89. The summed E-state index contributed by atoms with van der Waals surface area (Å²) in [5, 5.41) is 23.2. The minimum absolute atomic E-state index is 0.0281. The lowest BCUT2D eigenvalue weighted by Gasteiger charge is -2.11. The van der Waals surface area contributed by atoms with Crippen molar-refractivity contribution in [2.45, 2.75) is 26.0 Å². The van der Waals surface area contributed by atoms with Crippen LogP contribution in [-0.4, -0.2) is 26.0 Å². The van der Waals surface area contributed by atoms with Crippen molar-refractivity contribution in [2.75, 3.05) is 0 Å². The summed E-state index contributed by atoms with van der Waals surface area (Å²) in [6.07, 6.45) is 2.56. The number of rotatable bonds is 5. The molecule has 2 aromatic heterocycles. The van der Waals surface area contributed by atoms with E-state index in [2.05, 4.69) is 5.10 Å². The van der Waals surface area contributed by atoms with Gasteiger partial charge in [0.1, 0.15) is 5.56 Å². The summed E-state index contributed by atoms with van der Waals surface area (Å²) in [4.78, 5) is 11.0. The van der Waals surface area contributed by atoms with Crippen molar-refractivity contribution in [2.24, 2.45) is 0 Å². The molecular weight excluding hydrogens is 236 g/mol. The molecule has 96 valence electrons. The van der Waals surface area contributed by atoms with E-state index in [0.717, 1.165) is 6.42 Å². The molecule has 0 fully saturated rings. The van der Waals surface area contributed by atoms with Crippen molar-refractivity contribution < 1.29 is 19.4 Å². The highest BCUT2D eigenvalue weighted by Gasteiger charge is 2.24. The van der Waals surface area contributed by atoms with Gasteiger partial charge in [0.25, 0.3) is 0 Å². The molecular formula is C12H14N2O4. The van der Waals surface area contributed by atoms with Crippen LogP contribution in [0.4, 0.5) is 0 Å². The number of aromatic nitrogens is 2. The molecule has 1 unspecified atom stereocenters. The van der Waals surface area contributed by atoms with E-state index in [4.69, 9.17) is 9.52 Å². The van der Waals surface area contributed by atoms with E-state index in [1.165, 1.54) is 12.3 Å². The third kappa shape index (κ3) is 2.14. The van der Waals surface area contributed by atoms with Crippen molar-refractivity contribution in [3.63, 3.8) is 0 Å². The molecule has 0 aliphatic carbocycles. The summed E-state index contributed by atoms with van der Waals surface area (Å²) in [5.74, 6) is -1.10. The van der Waals surface area contributed by atoms with Crippen LogP contribution in [-0.2, 0) is 6.54 Å². The Kier molecular flexibility index (Phi) is 3.47. The maximum Gasteiger partial charge on any atom is 0.339 e. The maximum absolute atomic E-state index is 11.0. The molecule has 2 rings (SSSR count). The number of furan rings is 1. The Hall–Kier alpha value is -2.08. The lowest BCUT2D eigenvalue weighted by Crippen LogP contribution is -2.12. The molecule has 2 heterocycles. The first kappa shape index (κ1) is 12.4. The normalized spacial score (nSPS) is 12.6. The summed E-state index contributed by atoms with van der Waals surface area (Å²) in [5.41, 5.74) is 0.487. The van der Waals surface area contributed by atoms with Crippen molar-refractivity contribution in [1.82, 2.24) is 9.78 Å². The van der Waals surface area contributed by atoms with Crippen molar-refractivity contribution in [1.29, 1.82) is 0 Å². The van der Waals surface area contributed by atoms with Crippen molar-refractivity contribution in [3.05, 3.63) is 41.6 Å². The lowest BCUT2D eigenvalue weighted by atomic mass is 10.1. The van der Waals surface area contributed by atoms with Crippen LogP contribution in [0.15, 0.2) is 29.0 Å². The van der Waals surface area contributed by atoms with Crippen LogP contribution < -0.4 is 0 Å². The van der Waals surface area contributed by atoms with Gasteiger partial charge in [0.15, 0.2) is 11.9 Å². The molecule has 0 aliphatic heterocycles. The van der Waals surface area contributed by atoms with Crippen LogP contribution in [0, 0.1) is 0 Å². The average Bonchev–Trinajstić information content (AvgIpc) is 2.96. The zero-order valence-electron chi connectivity index (χ0n) is 9.91. The second kappa shape index (κ2) is 5.05. The molecule has 0 saturated carbocycles. The van der Waals surface area contributed by atoms with Gasteiger partial charge in [0.2, 0.25) is 0 Å². The fourth-order valence-electron chi connectivity index (χ4n) is 1.82. The van der Waals surface area contributed by atoms with Crippen molar-refractivity contribution >= 4 is 5.97 Å². The Morgan fingerprint density at radius 3 is 3.00 bits per heavy atom. The SMILES string of the molecule is CCCn1nccc1C(O)c1occc1C(=O)O. The summed E-state index contributed by atoms with van der Waals surface area (Å²) in [6, 6.07) is 2.97. The van der Waals surface area contributed by atoms with Gasteiger partial charge in [0, 0.05) is 12.7 Å². The highest BCUT2D eigenvalue weighted by atomic mass is 16.4. The molecule has 1 atom stereocenters. The summed E-state index contributed by atoms with van der Waals surface area (Å²) < 4.78 is 6.71. The Bertz CT molecular complexity index is 544. The molecule has 0 saturated heterocycles. The molecule has 6 heteroatoms. The number of nitrogens with zero attached hydrogens (tertiary/aromatic N) is 2. The highest BCUT2D eigenvalue weighted by Crippen LogP contribution is 2.25. The van der Waals surface area contributed by atoms with Gasteiger partial charge >= 0.3 is 5.97 Å². The number of carbonyl (C=O) groups is 1. The fraction of sp³-hybridized carbons (Fsp3) is 0.333. The number of hydrogen-bond acceptors (Lipinski definition) is 4. The van der Waals surface area contributed by atoms with E-state index in [-0.39, 0.29) is 11.3 Å². The van der Waals surface area contributed by atoms with Crippen LogP contribution in [0.25, 0.3) is 0 Å². The largest absolute Gasteiger partial charge is 0.478 e. The number of aliphatic hydroxyl groups excluding tert-OH is 1. The smallest absolute Gasteiger partial charge is 0.339 e. The number of carboxylic acids is 1. The first-order valence-electron chi connectivity index (χ1n) is 5.65. The number of carboxylic acid groups (broad SMARTS) is 1. The van der Waals surface area contributed by atoms with Crippen LogP contribution in [0.5, 0.6) is 0 Å². The second-order valence-corrected chi connectivity index (χ2v) is 3.89. The van der Waals surface area contributed by atoms with Gasteiger partial charge in [-0.1, -0.05) is 6.92 Å². The van der Waals surface area contributed by atoms with Gasteiger partial charge in [0.05, 0.1) is 12.0 Å². The monoisotopic (exact) mass is 250 g/mol. The first-order chi connectivity index (χ1) is 8.65. The number of aliphatic hydroxyl groups is 1. The Morgan fingerprint density at radius 2 is 2.33 bits per heavy atom. The van der Waals surface area contributed by atoms with Gasteiger partial charge in [-0.2, -0.15) is 5.10 Å². The topological polar surface area (TPSA) is 88.5 Å². The van der Waals surface area contributed by atoms with E-state index in [0.29, 0.717) is 12.2 Å². The van der Waals surface area contributed by atoms with Gasteiger partial charge in [-0.3, -0.25) is 4.68 Å². The number of hydrogen-bond donors (Lipinski definition) is 2. The highest BCUT2D eigenvalue weighted by molar-refractivity contribution is 5.88. The van der Waals surface area contributed by atoms with Gasteiger partial charge < -0.3 is 14.6 Å². The molecule has 0 aliphatic rings.